The molecular formula is C22H24N4O5. The number of nitrogens with zero attached hydrogens (tertiary/aromatic N) is 3. The number of nitro benzene ring substituents is 1. The van der Waals surface area contributed by atoms with Crippen LogP contribution in [0.2, 0.25) is 0 Å². The molecule has 162 valence electrons. The summed E-state index contributed by atoms with van der Waals surface area (Å²) >= 11 is 0. The van der Waals surface area contributed by atoms with Crippen molar-refractivity contribution in [3.05, 3.63) is 46.0 Å². The quantitative estimate of drug-likeness (QED) is 0.483. The Kier molecular flexibility index (Phi) is 5.04. The number of amides is 2. The molecule has 1 fully saturated rings. The van der Waals surface area contributed by atoms with Crippen LogP contribution >= 0.6 is 0 Å². The van der Waals surface area contributed by atoms with E-state index in [-0.39, 0.29) is 23.0 Å². The summed E-state index contributed by atoms with van der Waals surface area (Å²) in [7, 11) is 1.58. The van der Waals surface area contributed by atoms with Crippen molar-refractivity contribution in [2.24, 2.45) is 0 Å². The van der Waals surface area contributed by atoms with Crippen LogP contribution in [0.5, 0.6) is 5.75 Å². The minimum Gasteiger partial charge on any atom is -0.496 e. The Labute approximate surface area is 179 Å². The lowest BCUT2D eigenvalue weighted by molar-refractivity contribution is -0.384. The maximum absolute atomic E-state index is 12.5. The van der Waals surface area contributed by atoms with Gasteiger partial charge in [0.1, 0.15) is 11.3 Å². The molecule has 31 heavy (non-hydrogen) atoms. The number of fused-ring (bicyclic) bond motifs is 1. The third-order valence-corrected chi connectivity index (χ3v) is 5.29. The highest BCUT2D eigenvalue weighted by Crippen LogP contribution is 2.43. The largest absolute Gasteiger partial charge is 0.496 e. The summed E-state index contributed by atoms with van der Waals surface area (Å²) in [5.74, 6) is 0.867. The first-order valence-corrected chi connectivity index (χ1v) is 10.0. The Bertz CT molecular complexity index is 1180. The molecule has 1 aliphatic heterocycles. The van der Waals surface area contributed by atoms with Gasteiger partial charge in [0.05, 0.1) is 17.6 Å². The van der Waals surface area contributed by atoms with Crippen LogP contribution in [-0.4, -0.2) is 36.1 Å². The topological polar surface area (TPSA) is 111 Å². The molecule has 2 aromatic carbocycles. The molecule has 4 rings (SSSR count). The molecule has 1 N–H and O–H groups in total. The van der Waals surface area contributed by atoms with Crippen LogP contribution in [0.1, 0.15) is 32.8 Å². The lowest BCUT2D eigenvalue weighted by Gasteiger charge is -2.31. The van der Waals surface area contributed by atoms with Gasteiger partial charge < -0.3 is 14.5 Å². The fraction of sp³-hybridized carbons (Fsp3) is 0.364. The van der Waals surface area contributed by atoms with Gasteiger partial charge in [-0.15, -0.1) is 0 Å². The lowest BCUT2D eigenvalue weighted by Crippen LogP contribution is -2.46. The Morgan fingerprint density at radius 3 is 2.68 bits per heavy atom. The molecule has 1 saturated heterocycles. The Morgan fingerprint density at radius 2 is 2.03 bits per heavy atom. The van der Waals surface area contributed by atoms with E-state index in [0.29, 0.717) is 41.2 Å². The monoisotopic (exact) mass is 424 g/mol. The van der Waals surface area contributed by atoms with E-state index in [2.05, 4.69) is 31.1 Å². The highest BCUT2D eigenvalue weighted by Gasteiger charge is 2.29. The van der Waals surface area contributed by atoms with Crippen molar-refractivity contribution in [3.63, 3.8) is 0 Å². The number of carbonyl (C=O) groups is 1. The molecule has 9 heteroatoms. The molecule has 2 heterocycles. The van der Waals surface area contributed by atoms with Gasteiger partial charge >= 0.3 is 6.03 Å². The average molecular weight is 424 g/mol. The van der Waals surface area contributed by atoms with Crippen molar-refractivity contribution < 1.29 is 18.9 Å². The number of ether oxygens (including phenoxy) is 1. The second kappa shape index (κ2) is 7.57. The third kappa shape index (κ3) is 3.78. The minimum atomic E-state index is -0.471. The number of methoxy groups -OCH3 is 1. The van der Waals surface area contributed by atoms with Crippen LogP contribution in [0.4, 0.5) is 16.2 Å². The number of hydrogen-bond acceptors (Lipinski definition) is 6. The number of non-ortho nitro benzene ring substituents is 1. The summed E-state index contributed by atoms with van der Waals surface area (Å²) in [6.07, 6.45) is 0.838. The summed E-state index contributed by atoms with van der Waals surface area (Å²) in [6.45, 7) is 7.42. The van der Waals surface area contributed by atoms with Crippen molar-refractivity contribution in [2.75, 3.05) is 25.1 Å². The first kappa shape index (κ1) is 20.6. The predicted octanol–water partition coefficient (Wildman–Crippen LogP) is 4.63. The molecule has 1 aliphatic rings. The van der Waals surface area contributed by atoms with Gasteiger partial charge in [-0.2, -0.15) is 0 Å². The second-order valence-corrected chi connectivity index (χ2v) is 8.49. The van der Waals surface area contributed by atoms with Gasteiger partial charge in [-0.05, 0) is 30.0 Å². The zero-order valence-corrected chi connectivity index (χ0v) is 17.9. The highest BCUT2D eigenvalue weighted by molar-refractivity contribution is 5.94. The van der Waals surface area contributed by atoms with Crippen LogP contribution in [0.3, 0.4) is 0 Å². The van der Waals surface area contributed by atoms with Crippen LogP contribution in [-0.2, 0) is 5.41 Å². The van der Waals surface area contributed by atoms with E-state index in [1.807, 2.05) is 12.1 Å². The van der Waals surface area contributed by atoms with Crippen LogP contribution in [0.15, 0.2) is 34.7 Å². The molecule has 3 aromatic rings. The number of nitro groups is 1. The number of oxazole rings is 1. The van der Waals surface area contributed by atoms with Crippen LogP contribution in [0, 0.1) is 10.1 Å². The summed E-state index contributed by atoms with van der Waals surface area (Å²) in [6, 6.07) is 7.91. The molecule has 2 amide bonds. The predicted molar refractivity (Wildman–Crippen MR) is 117 cm³/mol. The molecular weight excluding hydrogens is 400 g/mol. The lowest BCUT2D eigenvalue weighted by atomic mass is 9.84. The SMILES string of the molecule is COc1c(-c2nc3cc([N+](=O)[O-])ccc3o2)cc(N2CCCNC2=O)cc1C(C)(C)C. The van der Waals surface area contributed by atoms with Gasteiger partial charge in [0.2, 0.25) is 5.89 Å². The van der Waals surface area contributed by atoms with Gasteiger partial charge in [-0.1, -0.05) is 20.8 Å². The zero-order valence-electron chi connectivity index (χ0n) is 17.9. The second-order valence-electron chi connectivity index (χ2n) is 8.49. The molecule has 0 saturated carbocycles. The highest BCUT2D eigenvalue weighted by atomic mass is 16.6. The van der Waals surface area contributed by atoms with Crippen molar-refractivity contribution in [1.82, 2.24) is 10.3 Å². The van der Waals surface area contributed by atoms with E-state index in [9.17, 15) is 14.9 Å². The van der Waals surface area contributed by atoms with Gasteiger partial charge in [0.15, 0.2) is 5.58 Å². The van der Waals surface area contributed by atoms with E-state index >= 15 is 0 Å². The van der Waals surface area contributed by atoms with E-state index in [1.165, 1.54) is 18.2 Å². The number of urea groups is 1. The molecule has 0 spiro atoms. The Morgan fingerprint density at radius 1 is 1.26 bits per heavy atom. The standard InChI is InChI=1S/C22H24N4O5/c1-22(2,3)16-11-14(25-9-5-8-23-21(25)27)10-15(19(16)30-4)20-24-17-12-13(26(28)29)6-7-18(17)31-20/h6-7,10-12H,5,8-9H2,1-4H3,(H,23,27). The van der Waals surface area contributed by atoms with Crippen molar-refractivity contribution in [1.29, 1.82) is 0 Å². The smallest absolute Gasteiger partial charge is 0.321 e. The molecule has 9 nitrogen and oxygen atoms in total. The molecule has 0 aliphatic carbocycles. The van der Waals surface area contributed by atoms with Crippen LogP contribution in [0.25, 0.3) is 22.6 Å². The normalized spacial score (nSPS) is 14.6. The van der Waals surface area contributed by atoms with Crippen molar-refractivity contribution in [2.45, 2.75) is 32.6 Å². The number of hydrogen-bond donors (Lipinski definition) is 1. The maximum atomic E-state index is 12.5. The fourth-order valence-electron chi connectivity index (χ4n) is 3.73. The van der Waals surface area contributed by atoms with Crippen LogP contribution < -0.4 is 15.0 Å². The third-order valence-electron chi connectivity index (χ3n) is 5.29. The van der Waals surface area contributed by atoms with Crippen molar-refractivity contribution >= 4 is 28.5 Å². The first-order valence-electron chi connectivity index (χ1n) is 10.0. The van der Waals surface area contributed by atoms with Gasteiger partial charge in [-0.25, -0.2) is 9.78 Å². The Hall–Kier alpha value is -3.62. The summed E-state index contributed by atoms with van der Waals surface area (Å²) < 4.78 is 11.7. The number of anilines is 1. The number of benzene rings is 2. The summed E-state index contributed by atoms with van der Waals surface area (Å²) in [5.41, 5.74) is 2.66. The van der Waals surface area contributed by atoms with Gasteiger partial charge in [0, 0.05) is 36.5 Å². The molecule has 0 atom stereocenters. The maximum Gasteiger partial charge on any atom is 0.321 e. The Balaban J connectivity index is 1.93. The van der Waals surface area contributed by atoms with E-state index in [4.69, 9.17) is 9.15 Å². The first-order chi connectivity index (χ1) is 14.7. The number of nitrogens with one attached hydrogen (secondary N) is 1. The zero-order chi connectivity index (χ0) is 22.3. The van der Waals surface area contributed by atoms with E-state index < -0.39 is 4.92 Å². The van der Waals surface area contributed by atoms with Crippen molar-refractivity contribution in [3.8, 4) is 17.2 Å². The molecule has 1 aromatic heterocycles. The minimum absolute atomic E-state index is 0.0616. The number of rotatable bonds is 4. The fourth-order valence-corrected chi connectivity index (χ4v) is 3.73. The molecule has 0 bridgehead atoms. The number of aromatic nitrogens is 1. The van der Waals surface area contributed by atoms with E-state index in [1.54, 1.807) is 12.0 Å². The summed E-state index contributed by atoms with van der Waals surface area (Å²) in [5, 5.41) is 14.0. The number of carbonyl (C=O) groups excluding carboxylic acids is 1. The van der Waals surface area contributed by atoms with Gasteiger partial charge in [-0.3, -0.25) is 15.0 Å². The van der Waals surface area contributed by atoms with E-state index in [0.717, 1.165) is 12.0 Å². The molecule has 0 radical (unpaired) electrons. The average Bonchev–Trinajstić information content (AvgIpc) is 3.15. The molecule has 0 unspecified atom stereocenters. The summed E-state index contributed by atoms with van der Waals surface area (Å²) in [4.78, 5) is 29.3. The van der Waals surface area contributed by atoms with Gasteiger partial charge in [0.25, 0.3) is 5.69 Å².